The number of nitrogens with two attached hydrogens (primary N) is 1. The van der Waals surface area contributed by atoms with Crippen LogP contribution in [-0.2, 0) is 11.3 Å². The standard InChI is InChI=1S/C19H23FN4O3/c20-15-1-3-16(4-2-15)23-7-9-24(10-8-23)18(25)5-6-22-19(26)14-11-17(12-21)27-13-14/h1-4,11,13H,5-10,12,21H2,(H,22,26). The maximum absolute atomic E-state index is 13.0. The van der Waals surface area contributed by atoms with Crippen LogP contribution in [-0.4, -0.2) is 49.4 Å². The van der Waals surface area contributed by atoms with Gasteiger partial charge in [-0.25, -0.2) is 4.39 Å². The summed E-state index contributed by atoms with van der Waals surface area (Å²) in [7, 11) is 0. The Morgan fingerprint density at radius 2 is 1.85 bits per heavy atom. The molecule has 2 aromatic rings. The van der Waals surface area contributed by atoms with Crippen LogP contribution in [0.3, 0.4) is 0 Å². The summed E-state index contributed by atoms with van der Waals surface area (Å²) in [4.78, 5) is 28.2. The van der Waals surface area contributed by atoms with Gasteiger partial charge in [-0.05, 0) is 30.3 Å². The first-order valence-corrected chi connectivity index (χ1v) is 8.91. The minimum absolute atomic E-state index is 0.00361. The molecule has 1 fully saturated rings. The van der Waals surface area contributed by atoms with Gasteiger partial charge in [-0.1, -0.05) is 0 Å². The van der Waals surface area contributed by atoms with Gasteiger partial charge < -0.3 is 25.3 Å². The van der Waals surface area contributed by atoms with Gasteiger partial charge in [-0.2, -0.15) is 0 Å². The van der Waals surface area contributed by atoms with Crippen LogP contribution in [0.15, 0.2) is 41.0 Å². The number of amides is 2. The van der Waals surface area contributed by atoms with E-state index in [1.165, 1.54) is 18.4 Å². The Morgan fingerprint density at radius 1 is 1.15 bits per heavy atom. The van der Waals surface area contributed by atoms with Crippen molar-refractivity contribution in [1.82, 2.24) is 10.2 Å². The lowest BCUT2D eigenvalue weighted by molar-refractivity contribution is -0.131. The number of carbonyl (C=O) groups excluding carboxylic acids is 2. The Hall–Kier alpha value is -2.87. The topological polar surface area (TPSA) is 91.8 Å². The number of halogens is 1. The predicted molar refractivity (Wildman–Crippen MR) is 98.7 cm³/mol. The summed E-state index contributed by atoms with van der Waals surface area (Å²) in [5.74, 6) is -0.00388. The Balaban J connectivity index is 1.40. The van der Waals surface area contributed by atoms with Crippen molar-refractivity contribution >= 4 is 17.5 Å². The zero-order chi connectivity index (χ0) is 19.2. The van der Waals surface area contributed by atoms with Crippen LogP contribution in [0, 0.1) is 5.82 Å². The van der Waals surface area contributed by atoms with Gasteiger partial charge in [0.05, 0.1) is 12.1 Å². The van der Waals surface area contributed by atoms with Gasteiger partial charge in [0.25, 0.3) is 5.91 Å². The number of piperazine rings is 1. The fourth-order valence-corrected chi connectivity index (χ4v) is 3.02. The van der Waals surface area contributed by atoms with Gasteiger partial charge in [0, 0.05) is 44.8 Å². The Bertz CT molecular complexity index is 783. The van der Waals surface area contributed by atoms with Crippen LogP contribution in [0.2, 0.25) is 0 Å². The van der Waals surface area contributed by atoms with Gasteiger partial charge in [0.1, 0.15) is 17.8 Å². The van der Waals surface area contributed by atoms with Crippen molar-refractivity contribution in [2.75, 3.05) is 37.6 Å². The number of anilines is 1. The second kappa shape index (κ2) is 8.68. The molecule has 1 aliphatic heterocycles. The smallest absolute Gasteiger partial charge is 0.254 e. The zero-order valence-corrected chi connectivity index (χ0v) is 15.0. The van der Waals surface area contributed by atoms with Gasteiger partial charge in [-0.3, -0.25) is 9.59 Å². The molecule has 1 aromatic carbocycles. The van der Waals surface area contributed by atoms with Crippen molar-refractivity contribution in [3.8, 4) is 0 Å². The molecule has 0 atom stereocenters. The number of nitrogens with one attached hydrogen (secondary N) is 1. The molecule has 0 bridgehead atoms. The third-order valence-electron chi connectivity index (χ3n) is 4.57. The van der Waals surface area contributed by atoms with E-state index in [9.17, 15) is 14.0 Å². The average molecular weight is 374 g/mol. The number of benzene rings is 1. The van der Waals surface area contributed by atoms with Crippen molar-refractivity contribution in [3.63, 3.8) is 0 Å². The molecule has 3 N–H and O–H groups in total. The molecule has 1 aromatic heterocycles. The van der Waals surface area contributed by atoms with Gasteiger partial charge in [-0.15, -0.1) is 0 Å². The van der Waals surface area contributed by atoms with Crippen LogP contribution >= 0.6 is 0 Å². The summed E-state index contributed by atoms with van der Waals surface area (Å²) in [6.07, 6.45) is 1.60. The molecule has 2 heterocycles. The number of furan rings is 1. The highest BCUT2D eigenvalue weighted by molar-refractivity contribution is 5.94. The van der Waals surface area contributed by atoms with Crippen LogP contribution < -0.4 is 16.0 Å². The molecular formula is C19H23FN4O3. The second-order valence-corrected chi connectivity index (χ2v) is 6.36. The third-order valence-corrected chi connectivity index (χ3v) is 4.57. The van der Waals surface area contributed by atoms with Gasteiger partial charge in [0.15, 0.2) is 0 Å². The maximum atomic E-state index is 13.0. The lowest BCUT2D eigenvalue weighted by Gasteiger charge is -2.36. The number of rotatable bonds is 6. The fourth-order valence-electron chi connectivity index (χ4n) is 3.02. The molecule has 1 aliphatic rings. The molecule has 0 unspecified atom stereocenters. The Labute approximate surface area is 156 Å². The minimum atomic E-state index is -0.285. The first-order valence-electron chi connectivity index (χ1n) is 8.91. The SMILES string of the molecule is NCc1cc(C(=O)NCCC(=O)N2CCN(c3ccc(F)cc3)CC2)co1. The molecule has 0 aliphatic carbocycles. The van der Waals surface area contributed by atoms with E-state index >= 15 is 0 Å². The number of hydrogen-bond acceptors (Lipinski definition) is 5. The summed E-state index contributed by atoms with van der Waals surface area (Å²) >= 11 is 0. The largest absolute Gasteiger partial charge is 0.467 e. The molecule has 8 heteroatoms. The molecule has 0 radical (unpaired) electrons. The molecule has 0 spiro atoms. The summed E-state index contributed by atoms with van der Waals surface area (Å²) in [6.45, 7) is 3.09. The molecule has 3 rings (SSSR count). The van der Waals surface area contributed by atoms with E-state index in [1.54, 1.807) is 23.1 Å². The highest BCUT2D eigenvalue weighted by Crippen LogP contribution is 2.17. The quantitative estimate of drug-likeness (QED) is 0.796. The van der Waals surface area contributed by atoms with E-state index in [2.05, 4.69) is 10.2 Å². The molecule has 27 heavy (non-hydrogen) atoms. The van der Waals surface area contributed by atoms with Gasteiger partial charge in [0.2, 0.25) is 5.91 Å². The summed E-state index contributed by atoms with van der Waals surface area (Å²) in [6, 6.07) is 7.95. The van der Waals surface area contributed by atoms with Crippen molar-refractivity contribution in [2.45, 2.75) is 13.0 Å². The second-order valence-electron chi connectivity index (χ2n) is 6.36. The summed E-state index contributed by atoms with van der Waals surface area (Å²) in [5, 5.41) is 2.71. The summed E-state index contributed by atoms with van der Waals surface area (Å²) < 4.78 is 18.1. The first kappa shape index (κ1) is 18.9. The highest BCUT2D eigenvalue weighted by atomic mass is 19.1. The van der Waals surface area contributed by atoms with E-state index in [1.807, 2.05) is 0 Å². The zero-order valence-electron chi connectivity index (χ0n) is 15.0. The van der Waals surface area contributed by atoms with Gasteiger partial charge >= 0.3 is 0 Å². The lowest BCUT2D eigenvalue weighted by Crippen LogP contribution is -2.49. The minimum Gasteiger partial charge on any atom is -0.467 e. The monoisotopic (exact) mass is 374 g/mol. The van der Waals surface area contributed by atoms with Crippen molar-refractivity contribution in [1.29, 1.82) is 0 Å². The predicted octanol–water partition coefficient (Wildman–Crippen LogP) is 1.35. The molecule has 2 amide bonds. The molecular weight excluding hydrogens is 351 g/mol. The van der Waals surface area contributed by atoms with Crippen LogP contribution in [0.25, 0.3) is 0 Å². The maximum Gasteiger partial charge on any atom is 0.254 e. The Kier molecular flexibility index (Phi) is 6.08. The Morgan fingerprint density at radius 3 is 2.48 bits per heavy atom. The number of carbonyl (C=O) groups is 2. The molecule has 0 saturated carbocycles. The van der Waals surface area contributed by atoms with Crippen molar-refractivity contribution in [2.24, 2.45) is 5.73 Å². The molecule has 7 nitrogen and oxygen atoms in total. The highest BCUT2D eigenvalue weighted by Gasteiger charge is 2.21. The van der Waals surface area contributed by atoms with E-state index in [4.69, 9.17) is 10.2 Å². The number of hydrogen-bond donors (Lipinski definition) is 2. The van der Waals surface area contributed by atoms with E-state index in [0.717, 1.165) is 5.69 Å². The van der Waals surface area contributed by atoms with Crippen LogP contribution in [0.4, 0.5) is 10.1 Å². The third kappa shape index (κ3) is 4.85. The molecule has 1 saturated heterocycles. The summed E-state index contributed by atoms with van der Waals surface area (Å²) in [5.41, 5.74) is 6.79. The van der Waals surface area contributed by atoms with Crippen molar-refractivity contribution in [3.05, 3.63) is 53.7 Å². The van der Waals surface area contributed by atoms with E-state index < -0.39 is 0 Å². The number of nitrogens with zero attached hydrogens (tertiary/aromatic N) is 2. The van der Waals surface area contributed by atoms with Crippen LogP contribution in [0.5, 0.6) is 0 Å². The first-order chi connectivity index (χ1) is 13.1. The van der Waals surface area contributed by atoms with E-state index in [-0.39, 0.29) is 37.1 Å². The van der Waals surface area contributed by atoms with Crippen molar-refractivity contribution < 1.29 is 18.4 Å². The lowest BCUT2D eigenvalue weighted by atomic mass is 10.2. The molecule has 144 valence electrons. The van der Waals surface area contributed by atoms with Crippen LogP contribution in [0.1, 0.15) is 22.5 Å². The fraction of sp³-hybridized carbons (Fsp3) is 0.368. The normalized spacial score (nSPS) is 14.3. The average Bonchev–Trinajstić information content (AvgIpc) is 3.18. The van der Waals surface area contributed by atoms with E-state index in [0.29, 0.717) is 37.5 Å².